The van der Waals surface area contributed by atoms with Gasteiger partial charge in [-0.15, -0.1) is 0 Å². The van der Waals surface area contributed by atoms with Crippen LogP contribution in [0, 0.1) is 11.8 Å². The van der Waals surface area contributed by atoms with E-state index in [1.54, 1.807) is 0 Å². The molecule has 1 aromatic heterocycles. The van der Waals surface area contributed by atoms with Crippen molar-refractivity contribution in [3.05, 3.63) is 17.5 Å². The van der Waals surface area contributed by atoms with E-state index in [2.05, 4.69) is 62.8 Å². The lowest BCUT2D eigenvalue weighted by Gasteiger charge is -2.28. The molecular formula is C17H31N3O. The summed E-state index contributed by atoms with van der Waals surface area (Å²) < 4.78 is 8.18. The predicted molar refractivity (Wildman–Crippen MR) is 86.5 cm³/mol. The number of hydrogen-bond donors (Lipinski definition) is 1. The Morgan fingerprint density at radius 2 is 2.00 bits per heavy atom. The zero-order valence-corrected chi connectivity index (χ0v) is 14.4. The van der Waals surface area contributed by atoms with Gasteiger partial charge in [0.15, 0.2) is 0 Å². The SMILES string of the molecule is CCc1cc(CC(NC)C2C(C)OC(C)C2C)n(CC)n1. The van der Waals surface area contributed by atoms with Crippen LogP contribution in [0.15, 0.2) is 6.07 Å². The second-order valence-corrected chi connectivity index (χ2v) is 6.38. The minimum absolute atomic E-state index is 0.316. The van der Waals surface area contributed by atoms with Gasteiger partial charge in [0, 0.05) is 30.6 Å². The molecule has 5 atom stereocenters. The van der Waals surface area contributed by atoms with Gasteiger partial charge in [0.05, 0.1) is 17.9 Å². The topological polar surface area (TPSA) is 39.1 Å². The van der Waals surface area contributed by atoms with E-state index >= 15 is 0 Å². The average molecular weight is 293 g/mol. The number of aromatic nitrogens is 2. The van der Waals surface area contributed by atoms with E-state index in [0.717, 1.165) is 19.4 Å². The van der Waals surface area contributed by atoms with E-state index in [-0.39, 0.29) is 0 Å². The number of nitrogens with one attached hydrogen (secondary N) is 1. The van der Waals surface area contributed by atoms with Gasteiger partial charge in [-0.1, -0.05) is 13.8 Å². The Kier molecular flexibility index (Phi) is 5.44. The van der Waals surface area contributed by atoms with Gasteiger partial charge in [-0.3, -0.25) is 4.68 Å². The van der Waals surface area contributed by atoms with Crippen LogP contribution in [0.2, 0.25) is 0 Å². The number of aryl methyl sites for hydroxylation is 2. The molecule has 4 heteroatoms. The number of rotatable bonds is 6. The van der Waals surface area contributed by atoms with E-state index in [0.29, 0.717) is 30.1 Å². The predicted octanol–water partition coefficient (Wildman–Crippen LogP) is 2.66. The summed E-state index contributed by atoms with van der Waals surface area (Å²) in [6.45, 7) is 12.0. The summed E-state index contributed by atoms with van der Waals surface area (Å²) >= 11 is 0. The van der Waals surface area contributed by atoms with Crippen LogP contribution < -0.4 is 5.32 Å². The highest BCUT2D eigenvalue weighted by molar-refractivity contribution is 5.13. The maximum Gasteiger partial charge on any atom is 0.0624 e. The molecule has 0 bridgehead atoms. The summed E-state index contributed by atoms with van der Waals surface area (Å²) in [5, 5.41) is 8.20. The van der Waals surface area contributed by atoms with Gasteiger partial charge >= 0.3 is 0 Å². The van der Waals surface area contributed by atoms with Crippen LogP contribution in [0.25, 0.3) is 0 Å². The van der Waals surface area contributed by atoms with Gasteiger partial charge in [-0.25, -0.2) is 0 Å². The summed E-state index contributed by atoms with van der Waals surface area (Å²) in [5.41, 5.74) is 2.53. The number of nitrogens with zero attached hydrogens (tertiary/aromatic N) is 2. The van der Waals surface area contributed by atoms with E-state index in [4.69, 9.17) is 4.74 Å². The third kappa shape index (κ3) is 3.32. The van der Waals surface area contributed by atoms with Crippen molar-refractivity contribution in [2.45, 2.75) is 72.3 Å². The van der Waals surface area contributed by atoms with Crippen LogP contribution >= 0.6 is 0 Å². The van der Waals surface area contributed by atoms with Crippen molar-refractivity contribution in [3.63, 3.8) is 0 Å². The molecule has 0 aromatic carbocycles. The number of hydrogen-bond acceptors (Lipinski definition) is 3. The molecule has 4 nitrogen and oxygen atoms in total. The second-order valence-electron chi connectivity index (χ2n) is 6.38. The van der Waals surface area contributed by atoms with Crippen LogP contribution in [0.3, 0.4) is 0 Å². The molecule has 120 valence electrons. The quantitative estimate of drug-likeness (QED) is 0.876. The molecule has 0 saturated carbocycles. The maximum absolute atomic E-state index is 6.03. The van der Waals surface area contributed by atoms with Crippen molar-refractivity contribution in [1.29, 1.82) is 0 Å². The van der Waals surface area contributed by atoms with Crippen molar-refractivity contribution in [2.24, 2.45) is 11.8 Å². The first-order valence-electron chi connectivity index (χ1n) is 8.40. The fraction of sp³-hybridized carbons (Fsp3) is 0.824. The Hall–Kier alpha value is -0.870. The van der Waals surface area contributed by atoms with Crippen molar-refractivity contribution in [2.75, 3.05) is 7.05 Å². The summed E-state index contributed by atoms with van der Waals surface area (Å²) in [6.07, 6.45) is 2.69. The fourth-order valence-electron chi connectivity index (χ4n) is 3.77. The molecule has 0 amide bonds. The van der Waals surface area contributed by atoms with Crippen LogP contribution in [0.5, 0.6) is 0 Å². The first-order valence-corrected chi connectivity index (χ1v) is 8.40. The fourth-order valence-corrected chi connectivity index (χ4v) is 3.77. The Morgan fingerprint density at radius 3 is 2.48 bits per heavy atom. The van der Waals surface area contributed by atoms with E-state index in [9.17, 15) is 0 Å². The molecule has 1 saturated heterocycles. The molecule has 1 aliphatic heterocycles. The van der Waals surface area contributed by atoms with Crippen molar-refractivity contribution < 1.29 is 4.74 Å². The molecule has 2 heterocycles. The van der Waals surface area contributed by atoms with Crippen molar-refractivity contribution in [3.8, 4) is 0 Å². The molecule has 1 aliphatic rings. The first kappa shape index (κ1) is 16.5. The minimum Gasteiger partial charge on any atom is -0.375 e. The van der Waals surface area contributed by atoms with Gasteiger partial charge in [0.2, 0.25) is 0 Å². The van der Waals surface area contributed by atoms with E-state index in [1.807, 2.05) is 0 Å². The Balaban J connectivity index is 2.17. The Morgan fingerprint density at radius 1 is 1.29 bits per heavy atom. The zero-order chi connectivity index (χ0) is 15.6. The first-order chi connectivity index (χ1) is 10.0. The largest absolute Gasteiger partial charge is 0.375 e. The lowest BCUT2D eigenvalue weighted by Crippen LogP contribution is -2.42. The van der Waals surface area contributed by atoms with Gasteiger partial charge < -0.3 is 10.1 Å². The van der Waals surface area contributed by atoms with E-state index in [1.165, 1.54) is 11.4 Å². The maximum atomic E-state index is 6.03. The molecule has 0 radical (unpaired) electrons. The van der Waals surface area contributed by atoms with Gasteiger partial charge in [-0.2, -0.15) is 5.10 Å². The van der Waals surface area contributed by atoms with Crippen LogP contribution in [-0.2, 0) is 24.1 Å². The highest BCUT2D eigenvalue weighted by Crippen LogP contribution is 2.35. The molecule has 0 aliphatic carbocycles. The number of likely N-dealkylation sites (N-methyl/N-ethyl adjacent to an activating group) is 1. The van der Waals surface area contributed by atoms with E-state index < -0.39 is 0 Å². The van der Waals surface area contributed by atoms with Crippen LogP contribution in [0.4, 0.5) is 0 Å². The molecule has 5 unspecified atom stereocenters. The third-order valence-electron chi connectivity index (χ3n) is 5.16. The molecule has 2 rings (SSSR count). The smallest absolute Gasteiger partial charge is 0.0624 e. The van der Waals surface area contributed by atoms with Gasteiger partial charge in [0.25, 0.3) is 0 Å². The highest BCUT2D eigenvalue weighted by Gasteiger charge is 2.41. The van der Waals surface area contributed by atoms with Crippen LogP contribution in [-0.4, -0.2) is 35.1 Å². The van der Waals surface area contributed by atoms with Gasteiger partial charge in [0.1, 0.15) is 0 Å². The number of ether oxygens (including phenoxy) is 1. The normalized spacial score (nSPS) is 30.8. The molecule has 21 heavy (non-hydrogen) atoms. The molecular weight excluding hydrogens is 262 g/mol. The highest BCUT2D eigenvalue weighted by atomic mass is 16.5. The summed E-state index contributed by atoms with van der Waals surface area (Å²) in [5.74, 6) is 1.14. The Bertz CT molecular complexity index is 457. The minimum atomic E-state index is 0.316. The monoisotopic (exact) mass is 293 g/mol. The second kappa shape index (κ2) is 6.93. The molecule has 0 spiro atoms. The van der Waals surface area contributed by atoms with Gasteiger partial charge in [-0.05, 0) is 46.2 Å². The lowest BCUT2D eigenvalue weighted by atomic mass is 9.81. The summed E-state index contributed by atoms with van der Waals surface area (Å²) in [6, 6.07) is 2.70. The summed E-state index contributed by atoms with van der Waals surface area (Å²) in [7, 11) is 2.07. The average Bonchev–Trinajstić information content (AvgIpc) is 2.98. The summed E-state index contributed by atoms with van der Waals surface area (Å²) in [4.78, 5) is 0. The molecule has 1 fully saturated rings. The standard InChI is InChI=1S/C17H31N3O/c1-7-14-9-15(20(8-2)19-14)10-16(18-6)17-11(3)12(4)21-13(17)5/h9,11-13,16-18H,7-8,10H2,1-6H3. The van der Waals surface area contributed by atoms with Crippen molar-refractivity contribution >= 4 is 0 Å². The van der Waals surface area contributed by atoms with Crippen LogP contribution in [0.1, 0.15) is 46.0 Å². The molecule has 1 N–H and O–H groups in total. The molecule has 1 aromatic rings. The lowest BCUT2D eigenvalue weighted by molar-refractivity contribution is 0.0478. The Labute approximate surface area is 129 Å². The zero-order valence-electron chi connectivity index (χ0n) is 14.4. The third-order valence-corrected chi connectivity index (χ3v) is 5.16. The van der Waals surface area contributed by atoms with Crippen molar-refractivity contribution in [1.82, 2.24) is 15.1 Å².